The molecule has 2 saturated carbocycles. The molecule has 2 aliphatic carbocycles. The minimum atomic E-state index is 0.270. The van der Waals surface area contributed by atoms with E-state index in [-0.39, 0.29) is 5.92 Å². The third-order valence-electron chi connectivity index (χ3n) is 4.86. The molecule has 1 saturated heterocycles. The molecule has 18 heavy (non-hydrogen) atoms. The maximum atomic E-state index is 12.5. The number of carbonyl (C=O) groups excluding carboxylic acids is 1. The van der Waals surface area contributed by atoms with Crippen molar-refractivity contribution >= 4 is 5.91 Å². The van der Waals surface area contributed by atoms with Crippen LogP contribution in [0.2, 0.25) is 0 Å². The van der Waals surface area contributed by atoms with E-state index in [4.69, 9.17) is 6.42 Å². The van der Waals surface area contributed by atoms with Crippen LogP contribution in [0.3, 0.4) is 0 Å². The highest BCUT2D eigenvalue weighted by molar-refractivity contribution is 5.83. The van der Waals surface area contributed by atoms with Crippen LogP contribution in [0.5, 0.6) is 0 Å². The summed E-state index contributed by atoms with van der Waals surface area (Å²) in [6, 6.07) is 0. The lowest BCUT2D eigenvalue weighted by molar-refractivity contribution is -0.133. The molecule has 98 valence electrons. The number of nitrogens with one attached hydrogen (secondary N) is 1. The van der Waals surface area contributed by atoms with Gasteiger partial charge in [0.05, 0.1) is 6.54 Å². The average molecular weight is 246 g/mol. The van der Waals surface area contributed by atoms with E-state index in [2.05, 4.69) is 11.2 Å². The van der Waals surface area contributed by atoms with Gasteiger partial charge in [0.1, 0.15) is 0 Å². The summed E-state index contributed by atoms with van der Waals surface area (Å²) in [7, 11) is 0. The number of amides is 1. The molecule has 0 bridgehead atoms. The van der Waals surface area contributed by atoms with E-state index in [0.29, 0.717) is 17.9 Å². The zero-order chi connectivity index (χ0) is 12.6. The third-order valence-corrected chi connectivity index (χ3v) is 4.86. The van der Waals surface area contributed by atoms with Gasteiger partial charge in [-0.1, -0.05) is 5.92 Å². The van der Waals surface area contributed by atoms with Crippen LogP contribution in [-0.2, 0) is 4.79 Å². The first-order chi connectivity index (χ1) is 8.75. The van der Waals surface area contributed by atoms with Crippen molar-refractivity contribution in [2.75, 3.05) is 26.2 Å². The van der Waals surface area contributed by atoms with Crippen molar-refractivity contribution in [3.8, 4) is 12.3 Å². The predicted octanol–water partition coefficient (Wildman–Crippen LogP) is 1.25. The maximum absolute atomic E-state index is 12.5. The summed E-state index contributed by atoms with van der Waals surface area (Å²) in [4.78, 5) is 14.5. The van der Waals surface area contributed by atoms with Crippen LogP contribution in [0.25, 0.3) is 0 Å². The summed E-state index contributed by atoms with van der Waals surface area (Å²) in [5, 5.41) is 3.38. The van der Waals surface area contributed by atoms with E-state index in [0.717, 1.165) is 44.8 Å². The molecule has 3 rings (SSSR count). The summed E-state index contributed by atoms with van der Waals surface area (Å²) in [5.41, 5.74) is 0.332. The second-order valence-corrected chi connectivity index (χ2v) is 6.24. The van der Waals surface area contributed by atoms with Crippen molar-refractivity contribution in [1.82, 2.24) is 10.2 Å². The minimum Gasteiger partial charge on any atom is -0.331 e. The van der Waals surface area contributed by atoms with Gasteiger partial charge in [-0.2, -0.15) is 0 Å². The summed E-state index contributed by atoms with van der Waals surface area (Å²) in [6.07, 6.45) is 11.4. The van der Waals surface area contributed by atoms with Gasteiger partial charge in [-0.25, -0.2) is 0 Å². The highest BCUT2D eigenvalue weighted by Crippen LogP contribution is 2.59. The Labute approximate surface area is 109 Å². The maximum Gasteiger partial charge on any atom is 0.227 e. The van der Waals surface area contributed by atoms with Gasteiger partial charge in [-0.3, -0.25) is 4.79 Å². The molecule has 3 heteroatoms. The average Bonchev–Trinajstić information content (AvgIpc) is 3.28. The Bertz CT molecular complexity index is 374. The number of hydrogen-bond acceptors (Lipinski definition) is 2. The smallest absolute Gasteiger partial charge is 0.227 e. The van der Waals surface area contributed by atoms with E-state index < -0.39 is 0 Å². The van der Waals surface area contributed by atoms with Gasteiger partial charge >= 0.3 is 0 Å². The van der Waals surface area contributed by atoms with Crippen LogP contribution in [0, 0.1) is 29.6 Å². The Balaban J connectivity index is 1.60. The van der Waals surface area contributed by atoms with Crippen LogP contribution < -0.4 is 5.32 Å². The highest BCUT2D eigenvalue weighted by atomic mass is 16.2. The van der Waals surface area contributed by atoms with Crippen LogP contribution >= 0.6 is 0 Å². The second kappa shape index (κ2) is 4.59. The van der Waals surface area contributed by atoms with E-state index >= 15 is 0 Å². The van der Waals surface area contributed by atoms with Crippen molar-refractivity contribution in [3.05, 3.63) is 0 Å². The third kappa shape index (κ3) is 2.27. The number of terminal acetylenes is 1. The lowest BCUT2D eigenvalue weighted by Gasteiger charge is -2.26. The molecule has 3 aliphatic rings. The monoisotopic (exact) mass is 246 g/mol. The van der Waals surface area contributed by atoms with Gasteiger partial charge in [-0.15, -0.1) is 6.42 Å². The fraction of sp³-hybridized carbons (Fsp3) is 0.800. The topological polar surface area (TPSA) is 32.3 Å². The molecule has 1 amide bonds. The van der Waals surface area contributed by atoms with Crippen LogP contribution in [0.4, 0.5) is 0 Å². The fourth-order valence-corrected chi connectivity index (χ4v) is 3.35. The molecule has 3 fully saturated rings. The quantitative estimate of drug-likeness (QED) is 0.757. The van der Waals surface area contributed by atoms with Gasteiger partial charge in [-0.05, 0) is 56.5 Å². The van der Waals surface area contributed by atoms with Gasteiger partial charge in [0.25, 0.3) is 0 Å². The molecule has 1 heterocycles. The summed E-state index contributed by atoms with van der Waals surface area (Å²) >= 11 is 0. The Morgan fingerprint density at radius 3 is 2.72 bits per heavy atom. The predicted molar refractivity (Wildman–Crippen MR) is 70.8 cm³/mol. The molecule has 1 atom stereocenters. The first-order valence-electron chi connectivity index (χ1n) is 7.18. The van der Waals surface area contributed by atoms with Crippen molar-refractivity contribution in [2.24, 2.45) is 17.3 Å². The molecule has 1 aliphatic heterocycles. The molecule has 0 aromatic carbocycles. The molecule has 1 unspecified atom stereocenters. The number of nitrogens with zero attached hydrogens (tertiary/aromatic N) is 1. The van der Waals surface area contributed by atoms with Crippen LogP contribution in [0.15, 0.2) is 0 Å². The van der Waals surface area contributed by atoms with E-state index in [1.165, 1.54) is 12.8 Å². The van der Waals surface area contributed by atoms with Crippen molar-refractivity contribution < 1.29 is 4.79 Å². The number of piperidine rings is 1. The van der Waals surface area contributed by atoms with Gasteiger partial charge in [0.15, 0.2) is 0 Å². The number of carbonyl (C=O) groups is 1. The van der Waals surface area contributed by atoms with Gasteiger partial charge in [0, 0.05) is 12.5 Å². The van der Waals surface area contributed by atoms with Crippen molar-refractivity contribution in [1.29, 1.82) is 0 Å². The molecular weight excluding hydrogens is 224 g/mol. The molecule has 0 aromatic rings. The molecule has 0 aromatic heterocycles. The van der Waals surface area contributed by atoms with E-state index in [9.17, 15) is 4.79 Å². The SMILES string of the molecule is C#CCN(CC1CC1)C(=O)C1CC12CCNCC2. The van der Waals surface area contributed by atoms with Crippen molar-refractivity contribution in [2.45, 2.75) is 32.1 Å². The first kappa shape index (κ1) is 12.0. The normalized spacial score (nSPS) is 28.7. The van der Waals surface area contributed by atoms with E-state index in [1.807, 2.05) is 4.90 Å². The number of rotatable bonds is 4. The molecule has 3 nitrogen and oxygen atoms in total. The zero-order valence-electron chi connectivity index (χ0n) is 11.0. The fourth-order valence-electron chi connectivity index (χ4n) is 3.35. The van der Waals surface area contributed by atoms with Crippen LogP contribution in [-0.4, -0.2) is 37.0 Å². The molecule has 0 radical (unpaired) electrons. The minimum absolute atomic E-state index is 0.270. The largest absolute Gasteiger partial charge is 0.331 e. The van der Waals surface area contributed by atoms with Gasteiger partial charge < -0.3 is 10.2 Å². The Hall–Kier alpha value is -1.01. The van der Waals surface area contributed by atoms with E-state index in [1.54, 1.807) is 0 Å². The van der Waals surface area contributed by atoms with Crippen molar-refractivity contribution in [3.63, 3.8) is 0 Å². The lowest BCUT2D eigenvalue weighted by atomic mass is 9.91. The lowest BCUT2D eigenvalue weighted by Crippen LogP contribution is -2.37. The standard InChI is InChI=1S/C15H22N2O/c1-2-9-17(11-12-3-4-12)14(18)13-10-15(13)5-7-16-8-6-15/h1,12-13,16H,3-11H2. The van der Waals surface area contributed by atoms with Gasteiger partial charge in [0.2, 0.25) is 5.91 Å². The second-order valence-electron chi connectivity index (χ2n) is 6.24. The number of hydrogen-bond donors (Lipinski definition) is 1. The highest BCUT2D eigenvalue weighted by Gasteiger charge is 2.58. The molecular formula is C15H22N2O. The summed E-state index contributed by atoms with van der Waals surface area (Å²) < 4.78 is 0. The Morgan fingerprint density at radius 2 is 2.11 bits per heavy atom. The summed E-state index contributed by atoms with van der Waals surface area (Å²) in [6.45, 7) is 3.54. The molecule has 1 spiro atoms. The Kier molecular flexibility index (Phi) is 3.07. The van der Waals surface area contributed by atoms with Crippen LogP contribution in [0.1, 0.15) is 32.1 Å². The Morgan fingerprint density at radius 1 is 1.39 bits per heavy atom. The zero-order valence-corrected chi connectivity index (χ0v) is 11.0. The first-order valence-corrected chi connectivity index (χ1v) is 7.18. The summed E-state index contributed by atoms with van der Waals surface area (Å²) in [5.74, 6) is 3.98. The molecule has 1 N–H and O–H groups in total.